The first kappa shape index (κ1) is 26.9. The van der Waals surface area contributed by atoms with Crippen molar-refractivity contribution in [2.75, 3.05) is 0 Å². The topological polar surface area (TPSA) is 136 Å². The van der Waals surface area contributed by atoms with Gasteiger partial charge >= 0.3 is 11.9 Å². The Kier molecular flexibility index (Phi) is 11.2. The van der Waals surface area contributed by atoms with Gasteiger partial charge in [0.1, 0.15) is 18.3 Å². The molecule has 1 atom stereocenters. The number of carbonyl (C=O) groups is 2. The van der Waals surface area contributed by atoms with E-state index in [1.165, 1.54) is 19.3 Å². The van der Waals surface area contributed by atoms with E-state index in [-0.39, 0.29) is 6.23 Å². The fourth-order valence-electron chi connectivity index (χ4n) is 3.10. The Labute approximate surface area is 206 Å². The summed E-state index contributed by atoms with van der Waals surface area (Å²) in [6.07, 6.45) is 8.06. The molecule has 0 aliphatic carbocycles. The van der Waals surface area contributed by atoms with E-state index in [9.17, 15) is 9.59 Å². The summed E-state index contributed by atoms with van der Waals surface area (Å²) in [6, 6.07) is 14.0. The van der Waals surface area contributed by atoms with Gasteiger partial charge in [-0.3, -0.25) is 5.73 Å². The van der Waals surface area contributed by atoms with Crippen molar-refractivity contribution < 1.29 is 24.5 Å². The smallest absolute Gasteiger partial charge is 0.328 e. The maximum Gasteiger partial charge on any atom is 0.328 e. The van der Waals surface area contributed by atoms with Crippen molar-refractivity contribution in [2.24, 2.45) is 5.73 Å². The van der Waals surface area contributed by atoms with Gasteiger partial charge < -0.3 is 14.9 Å². The molecule has 0 fully saturated rings. The molecule has 1 aromatic heterocycles. The standard InChI is InChI=1S/C21H24BrN3O.C4H4O4/c1-2-3-4-5-6-20(23)26-17-11-12-18-19(13-17)24-14-25-21(18)15-7-9-16(22)10-8-15;5-3(6)1-2-4(7)8/h7-14,20H,2-6,23H2,1H3;1-2H,(H,5,6)(H,7,8)/b;2-1+. The third-order valence-electron chi connectivity index (χ3n) is 4.72. The Bertz CT molecular complexity index is 1100. The molecular formula is C25H28BrN3O5. The number of ether oxygens (including phenoxy) is 1. The van der Waals surface area contributed by atoms with Crippen molar-refractivity contribution >= 4 is 38.8 Å². The van der Waals surface area contributed by atoms with Gasteiger partial charge in [-0.1, -0.05) is 54.2 Å². The number of nitrogens with zero attached hydrogens (tertiary/aromatic N) is 2. The Balaban J connectivity index is 0.000000440. The number of nitrogens with two attached hydrogens (primary N) is 1. The number of rotatable bonds is 10. The van der Waals surface area contributed by atoms with Crippen LogP contribution in [-0.4, -0.2) is 38.3 Å². The summed E-state index contributed by atoms with van der Waals surface area (Å²) in [5, 5.41) is 16.6. The molecule has 0 spiro atoms. The minimum absolute atomic E-state index is 0.280. The zero-order valence-electron chi connectivity index (χ0n) is 18.9. The number of aromatic nitrogens is 2. The normalized spacial score (nSPS) is 11.6. The van der Waals surface area contributed by atoms with E-state index >= 15 is 0 Å². The third kappa shape index (κ3) is 9.29. The van der Waals surface area contributed by atoms with E-state index in [1.54, 1.807) is 6.33 Å². The van der Waals surface area contributed by atoms with E-state index in [2.05, 4.69) is 32.8 Å². The number of hydrogen-bond acceptors (Lipinski definition) is 6. The number of aliphatic carboxylic acids is 2. The molecule has 34 heavy (non-hydrogen) atoms. The molecule has 0 amide bonds. The molecule has 0 aliphatic heterocycles. The van der Waals surface area contributed by atoms with Crippen LogP contribution >= 0.6 is 15.9 Å². The molecule has 2 aromatic carbocycles. The van der Waals surface area contributed by atoms with Crippen LogP contribution in [0.1, 0.15) is 39.0 Å². The number of hydrogen-bond donors (Lipinski definition) is 3. The second kappa shape index (κ2) is 14.1. The van der Waals surface area contributed by atoms with Crippen molar-refractivity contribution in [1.29, 1.82) is 0 Å². The first-order valence-corrected chi connectivity index (χ1v) is 11.7. The number of carboxylic acids is 2. The predicted molar refractivity (Wildman–Crippen MR) is 134 cm³/mol. The van der Waals surface area contributed by atoms with Crippen LogP contribution < -0.4 is 10.5 Å². The van der Waals surface area contributed by atoms with Crippen LogP contribution in [0, 0.1) is 0 Å². The van der Waals surface area contributed by atoms with Crippen LogP contribution in [0.2, 0.25) is 0 Å². The number of carboxylic acid groups (broad SMARTS) is 2. The first-order valence-electron chi connectivity index (χ1n) is 10.9. The third-order valence-corrected chi connectivity index (χ3v) is 5.25. The molecule has 0 radical (unpaired) electrons. The van der Waals surface area contributed by atoms with Gasteiger partial charge in [-0.05, 0) is 37.1 Å². The number of halogens is 1. The summed E-state index contributed by atoms with van der Waals surface area (Å²) in [6.45, 7) is 2.20. The minimum atomic E-state index is -1.26. The highest BCUT2D eigenvalue weighted by Crippen LogP contribution is 2.29. The van der Waals surface area contributed by atoms with Gasteiger partial charge in [0, 0.05) is 33.6 Å². The Morgan fingerprint density at radius 1 is 1.03 bits per heavy atom. The van der Waals surface area contributed by atoms with Crippen LogP contribution in [0.5, 0.6) is 5.75 Å². The first-order chi connectivity index (χ1) is 16.3. The summed E-state index contributed by atoms with van der Waals surface area (Å²) in [4.78, 5) is 28.0. The molecule has 1 heterocycles. The van der Waals surface area contributed by atoms with E-state index in [0.717, 1.165) is 45.2 Å². The summed E-state index contributed by atoms with van der Waals surface area (Å²) >= 11 is 3.47. The van der Waals surface area contributed by atoms with Crippen LogP contribution in [0.25, 0.3) is 22.2 Å². The second-order valence-corrected chi connectivity index (χ2v) is 8.34. The average Bonchev–Trinajstić information content (AvgIpc) is 2.81. The van der Waals surface area contributed by atoms with Crippen molar-refractivity contribution in [1.82, 2.24) is 9.97 Å². The van der Waals surface area contributed by atoms with Crippen LogP contribution in [-0.2, 0) is 9.59 Å². The van der Waals surface area contributed by atoms with Crippen molar-refractivity contribution in [3.63, 3.8) is 0 Å². The highest BCUT2D eigenvalue weighted by atomic mass is 79.9. The molecule has 4 N–H and O–H groups in total. The van der Waals surface area contributed by atoms with Crippen LogP contribution in [0.3, 0.4) is 0 Å². The van der Waals surface area contributed by atoms with Gasteiger partial charge in [-0.15, -0.1) is 0 Å². The lowest BCUT2D eigenvalue weighted by atomic mass is 10.1. The number of benzene rings is 2. The Morgan fingerprint density at radius 2 is 1.71 bits per heavy atom. The minimum Gasteiger partial charge on any atom is -0.478 e. The molecule has 9 heteroatoms. The van der Waals surface area contributed by atoms with Gasteiger partial charge in [0.25, 0.3) is 0 Å². The predicted octanol–water partition coefficient (Wildman–Crippen LogP) is 5.41. The fraction of sp³-hybridized carbons (Fsp3) is 0.280. The number of unbranched alkanes of at least 4 members (excludes halogenated alkanes) is 3. The molecule has 0 bridgehead atoms. The van der Waals surface area contributed by atoms with Crippen LogP contribution in [0.15, 0.2) is 65.4 Å². The van der Waals surface area contributed by atoms with Crippen LogP contribution in [0.4, 0.5) is 0 Å². The quantitative estimate of drug-likeness (QED) is 0.180. The van der Waals surface area contributed by atoms with Crippen molar-refractivity contribution in [3.05, 3.63) is 65.4 Å². The molecule has 0 saturated carbocycles. The van der Waals surface area contributed by atoms with E-state index < -0.39 is 11.9 Å². The Hall–Kier alpha value is -3.30. The van der Waals surface area contributed by atoms with Crippen molar-refractivity contribution in [2.45, 2.75) is 45.3 Å². The zero-order chi connectivity index (χ0) is 24.9. The molecular weight excluding hydrogens is 502 g/mol. The molecule has 3 rings (SSSR count). The molecule has 1 unspecified atom stereocenters. The SMILES string of the molecule is CCCCCCC(N)Oc1ccc2c(-c3ccc(Br)cc3)ncnc2c1.O=C(O)/C=C/C(=O)O. The highest BCUT2D eigenvalue weighted by molar-refractivity contribution is 9.10. The van der Waals surface area contributed by atoms with E-state index in [1.807, 2.05) is 42.5 Å². The lowest BCUT2D eigenvalue weighted by molar-refractivity contribution is -0.134. The molecule has 0 aliphatic rings. The molecule has 3 aromatic rings. The Morgan fingerprint density at radius 3 is 2.32 bits per heavy atom. The van der Waals surface area contributed by atoms with Gasteiger partial charge in [0.2, 0.25) is 0 Å². The van der Waals surface area contributed by atoms with E-state index in [4.69, 9.17) is 20.7 Å². The van der Waals surface area contributed by atoms with E-state index in [0.29, 0.717) is 12.2 Å². The summed E-state index contributed by atoms with van der Waals surface area (Å²) in [7, 11) is 0. The summed E-state index contributed by atoms with van der Waals surface area (Å²) < 4.78 is 6.92. The zero-order valence-corrected chi connectivity index (χ0v) is 20.4. The van der Waals surface area contributed by atoms with Gasteiger partial charge in [-0.25, -0.2) is 19.6 Å². The average molecular weight is 530 g/mol. The molecule has 0 saturated heterocycles. The molecule has 8 nitrogen and oxygen atoms in total. The maximum absolute atomic E-state index is 9.55. The van der Waals surface area contributed by atoms with Gasteiger partial charge in [0.15, 0.2) is 0 Å². The highest BCUT2D eigenvalue weighted by Gasteiger charge is 2.09. The monoisotopic (exact) mass is 529 g/mol. The van der Waals surface area contributed by atoms with Gasteiger partial charge in [0.05, 0.1) is 11.2 Å². The largest absolute Gasteiger partial charge is 0.478 e. The van der Waals surface area contributed by atoms with Gasteiger partial charge in [-0.2, -0.15) is 0 Å². The maximum atomic E-state index is 9.55. The molecule has 180 valence electrons. The van der Waals surface area contributed by atoms with Crippen molar-refractivity contribution in [3.8, 4) is 17.0 Å². The second-order valence-electron chi connectivity index (χ2n) is 7.42. The summed E-state index contributed by atoms with van der Waals surface area (Å²) in [5.41, 5.74) is 8.93. The lowest BCUT2D eigenvalue weighted by Crippen LogP contribution is -2.26. The number of fused-ring (bicyclic) bond motifs is 1. The fourth-order valence-corrected chi connectivity index (χ4v) is 3.36. The lowest BCUT2D eigenvalue weighted by Gasteiger charge is -2.15. The summed E-state index contributed by atoms with van der Waals surface area (Å²) in [5.74, 6) is -1.76.